The van der Waals surface area contributed by atoms with E-state index >= 15 is 0 Å². The van der Waals surface area contributed by atoms with Crippen LogP contribution in [0.1, 0.15) is 22.3 Å². The average molecular weight is 305 g/mol. The van der Waals surface area contributed by atoms with E-state index in [2.05, 4.69) is 4.89 Å². The molecule has 1 N–H and O–H groups in total. The predicted molar refractivity (Wildman–Crippen MR) is 82.2 cm³/mol. The maximum Gasteiger partial charge on any atom is 0.263 e. The minimum atomic E-state index is -3.68. The molecule has 0 radical (unpaired) electrons. The van der Waals surface area contributed by atoms with E-state index in [-0.39, 0.29) is 11.5 Å². The van der Waals surface area contributed by atoms with Crippen molar-refractivity contribution in [3.63, 3.8) is 0 Å². The van der Waals surface area contributed by atoms with Gasteiger partial charge in [0.1, 0.15) is 0 Å². The van der Waals surface area contributed by atoms with Crippen molar-refractivity contribution in [3.8, 4) is 0 Å². The van der Waals surface area contributed by atoms with Crippen molar-refractivity contribution >= 4 is 10.0 Å². The van der Waals surface area contributed by atoms with Gasteiger partial charge in [-0.05, 0) is 37.5 Å². The van der Waals surface area contributed by atoms with Crippen LogP contribution in [0.5, 0.6) is 0 Å². The molecule has 21 heavy (non-hydrogen) atoms. The van der Waals surface area contributed by atoms with Gasteiger partial charge in [0, 0.05) is 0 Å². The fourth-order valence-corrected chi connectivity index (χ4v) is 3.66. The summed E-state index contributed by atoms with van der Waals surface area (Å²) in [7, 11) is -3.68. The number of hydrogen-bond donors (Lipinski definition) is 1. The van der Waals surface area contributed by atoms with Crippen LogP contribution < -0.4 is 4.89 Å². The molecule has 0 heterocycles. The Morgan fingerprint density at radius 2 is 1.57 bits per heavy atom. The molecule has 0 spiro atoms. The zero-order valence-corrected chi connectivity index (χ0v) is 13.2. The van der Waals surface area contributed by atoms with Gasteiger partial charge in [0.25, 0.3) is 10.0 Å². The maximum atomic E-state index is 12.3. The van der Waals surface area contributed by atoms with Crippen LogP contribution in [0.25, 0.3) is 0 Å². The molecule has 2 aromatic rings. The number of nitrogens with one attached hydrogen (secondary N) is 1. The quantitative estimate of drug-likeness (QED) is 0.864. The van der Waals surface area contributed by atoms with Gasteiger partial charge in [-0.1, -0.05) is 52.9 Å². The van der Waals surface area contributed by atoms with Gasteiger partial charge in [0.2, 0.25) is 0 Å². The van der Waals surface area contributed by atoms with E-state index < -0.39 is 10.0 Å². The molecule has 0 atom stereocenters. The summed E-state index contributed by atoms with van der Waals surface area (Å²) in [5.74, 6) is 0. The van der Waals surface area contributed by atoms with Crippen LogP contribution in [-0.2, 0) is 21.5 Å². The van der Waals surface area contributed by atoms with Crippen LogP contribution in [0.3, 0.4) is 0 Å². The first-order valence-corrected chi connectivity index (χ1v) is 8.14. The van der Waals surface area contributed by atoms with E-state index in [1.807, 2.05) is 49.4 Å². The topological polar surface area (TPSA) is 55.4 Å². The number of hydrogen-bond acceptors (Lipinski definition) is 3. The molecule has 0 aliphatic rings. The minimum Gasteiger partial charge on any atom is -0.282 e. The van der Waals surface area contributed by atoms with Crippen molar-refractivity contribution in [1.82, 2.24) is 4.89 Å². The van der Waals surface area contributed by atoms with E-state index in [1.54, 1.807) is 13.8 Å². The second kappa shape index (κ2) is 6.39. The molecule has 0 amide bonds. The van der Waals surface area contributed by atoms with E-state index in [1.165, 1.54) is 0 Å². The first-order chi connectivity index (χ1) is 9.90. The van der Waals surface area contributed by atoms with Gasteiger partial charge in [0.15, 0.2) is 0 Å². The fraction of sp³-hybridized carbons (Fsp3) is 0.250. The molecule has 0 saturated heterocycles. The average Bonchev–Trinajstić information content (AvgIpc) is 2.38. The Labute approximate surface area is 125 Å². The second-order valence-corrected chi connectivity index (χ2v) is 6.67. The largest absolute Gasteiger partial charge is 0.282 e. The van der Waals surface area contributed by atoms with E-state index in [9.17, 15) is 8.42 Å². The van der Waals surface area contributed by atoms with Gasteiger partial charge in [0.05, 0.1) is 11.5 Å². The molecule has 2 aromatic carbocycles. The summed E-state index contributed by atoms with van der Waals surface area (Å²) in [4.78, 5) is 7.62. The van der Waals surface area contributed by atoms with Gasteiger partial charge < -0.3 is 0 Å². The Morgan fingerprint density at radius 1 is 1.00 bits per heavy atom. The molecule has 0 fully saturated rings. The molecule has 2 rings (SSSR count). The van der Waals surface area contributed by atoms with Crippen LogP contribution in [0.4, 0.5) is 0 Å². The maximum absolute atomic E-state index is 12.3. The molecule has 0 aliphatic heterocycles. The van der Waals surface area contributed by atoms with Crippen LogP contribution in [0, 0.1) is 20.8 Å². The van der Waals surface area contributed by atoms with Gasteiger partial charge in [-0.3, -0.25) is 4.84 Å². The smallest absolute Gasteiger partial charge is 0.263 e. The first kappa shape index (κ1) is 15.7. The van der Waals surface area contributed by atoms with E-state index in [4.69, 9.17) is 4.84 Å². The number of rotatable bonds is 5. The third-order valence-electron chi connectivity index (χ3n) is 3.12. The van der Waals surface area contributed by atoms with E-state index in [0.29, 0.717) is 11.1 Å². The number of sulfonamides is 1. The van der Waals surface area contributed by atoms with Gasteiger partial charge in [-0.25, -0.2) is 8.42 Å². The van der Waals surface area contributed by atoms with Gasteiger partial charge in [-0.15, -0.1) is 0 Å². The third kappa shape index (κ3) is 3.91. The minimum absolute atomic E-state index is 0.185. The van der Waals surface area contributed by atoms with Crippen molar-refractivity contribution in [2.24, 2.45) is 0 Å². The van der Waals surface area contributed by atoms with Crippen LogP contribution in [0.15, 0.2) is 47.4 Å². The highest BCUT2D eigenvalue weighted by atomic mass is 32.2. The summed E-state index contributed by atoms with van der Waals surface area (Å²) in [6.07, 6.45) is 0. The lowest BCUT2D eigenvalue weighted by atomic mass is 10.1. The summed E-state index contributed by atoms with van der Waals surface area (Å²) in [6, 6.07) is 13.1. The highest BCUT2D eigenvalue weighted by molar-refractivity contribution is 7.89. The van der Waals surface area contributed by atoms with Crippen LogP contribution in [-0.4, -0.2) is 8.42 Å². The Morgan fingerprint density at radius 3 is 2.14 bits per heavy atom. The SMILES string of the molecule is Cc1cc(C)c(S(=O)(=O)NOCc2ccccc2)c(C)c1. The summed E-state index contributed by atoms with van der Waals surface area (Å²) in [6.45, 7) is 5.69. The summed E-state index contributed by atoms with van der Waals surface area (Å²) >= 11 is 0. The van der Waals surface area contributed by atoms with Crippen LogP contribution in [0.2, 0.25) is 0 Å². The summed E-state index contributed by atoms with van der Waals surface area (Å²) < 4.78 is 24.7. The van der Waals surface area contributed by atoms with Crippen molar-refractivity contribution in [1.29, 1.82) is 0 Å². The lowest BCUT2D eigenvalue weighted by Gasteiger charge is -2.13. The zero-order valence-electron chi connectivity index (χ0n) is 12.4. The van der Waals surface area contributed by atoms with Crippen molar-refractivity contribution in [2.75, 3.05) is 0 Å². The van der Waals surface area contributed by atoms with Crippen molar-refractivity contribution in [2.45, 2.75) is 32.3 Å². The number of benzene rings is 2. The van der Waals surface area contributed by atoms with Crippen LogP contribution >= 0.6 is 0 Å². The van der Waals surface area contributed by atoms with Crippen molar-refractivity contribution < 1.29 is 13.3 Å². The molecule has 112 valence electrons. The molecule has 0 aliphatic carbocycles. The number of aryl methyl sites for hydroxylation is 3. The first-order valence-electron chi connectivity index (χ1n) is 6.65. The molecular weight excluding hydrogens is 286 g/mol. The normalized spacial score (nSPS) is 11.6. The molecule has 0 unspecified atom stereocenters. The zero-order chi connectivity index (χ0) is 15.5. The highest BCUT2D eigenvalue weighted by Crippen LogP contribution is 2.21. The second-order valence-electron chi connectivity index (χ2n) is 5.09. The van der Waals surface area contributed by atoms with Gasteiger partial charge in [-0.2, -0.15) is 0 Å². The Kier molecular flexibility index (Phi) is 4.77. The predicted octanol–water partition coefficient (Wildman–Crippen LogP) is 3.02. The third-order valence-corrected chi connectivity index (χ3v) is 4.64. The lowest BCUT2D eigenvalue weighted by Crippen LogP contribution is -2.25. The van der Waals surface area contributed by atoms with Gasteiger partial charge >= 0.3 is 0 Å². The highest BCUT2D eigenvalue weighted by Gasteiger charge is 2.20. The monoisotopic (exact) mass is 305 g/mol. The Hall–Kier alpha value is -1.69. The molecule has 4 nitrogen and oxygen atoms in total. The fourth-order valence-electron chi connectivity index (χ4n) is 2.40. The molecular formula is C16H19NO3S. The Bertz CT molecular complexity index is 701. The molecule has 5 heteroatoms. The van der Waals surface area contributed by atoms with E-state index in [0.717, 1.165) is 11.1 Å². The summed E-state index contributed by atoms with van der Waals surface area (Å²) in [5, 5.41) is 0. The summed E-state index contributed by atoms with van der Waals surface area (Å²) in [5.41, 5.74) is 3.36. The molecule has 0 saturated carbocycles. The van der Waals surface area contributed by atoms with Crippen molar-refractivity contribution in [3.05, 3.63) is 64.7 Å². The Balaban J connectivity index is 2.12. The molecule has 0 aromatic heterocycles. The standard InChI is InChI=1S/C16H19NO3S/c1-12-9-13(2)16(14(3)10-12)21(18,19)17-20-11-15-7-5-4-6-8-15/h4-10,17H,11H2,1-3H3. The molecule has 0 bridgehead atoms. The lowest BCUT2D eigenvalue weighted by molar-refractivity contribution is 0.0795.